The summed E-state index contributed by atoms with van der Waals surface area (Å²) in [6.07, 6.45) is 0.933. The number of rotatable bonds is 2. The fraction of sp³-hybridized carbons (Fsp3) is 0.333. The number of aryl methyl sites for hydroxylation is 1. The molecule has 1 N–H and O–H groups in total. The molecule has 0 saturated heterocycles. The van der Waals surface area contributed by atoms with Crippen LogP contribution in [0.3, 0.4) is 0 Å². The maximum absolute atomic E-state index is 5.80. The molecular formula is C15H17N3O. The Morgan fingerprint density at radius 2 is 2.11 bits per heavy atom. The number of anilines is 1. The van der Waals surface area contributed by atoms with Gasteiger partial charge in [-0.15, -0.1) is 0 Å². The summed E-state index contributed by atoms with van der Waals surface area (Å²) in [5, 5.41) is 3.07. The molecule has 0 bridgehead atoms. The average Bonchev–Trinajstić information content (AvgIpc) is 2.46. The molecule has 4 nitrogen and oxygen atoms in total. The van der Waals surface area contributed by atoms with Crippen molar-refractivity contribution in [2.45, 2.75) is 19.3 Å². The number of para-hydroxylation sites is 1. The Balaban J connectivity index is 1.90. The zero-order chi connectivity index (χ0) is 13.2. The minimum absolute atomic E-state index is 0.224. The van der Waals surface area contributed by atoms with Crippen LogP contribution in [0.25, 0.3) is 0 Å². The lowest BCUT2D eigenvalue weighted by molar-refractivity contribution is 0.257. The van der Waals surface area contributed by atoms with E-state index < -0.39 is 0 Å². The van der Waals surface area contributed by atoms with Crippen molar-refractivity contribution >= 4 is 5.82 Å². The maximum atomic E-state index is 5.80. The molecule has 1 aromatic heterocycles. The van der Waals surface area contributed by atoms with Crippen LogP contribution in [0.2, 0.25) is 0 Å². The van der Waals surface area contributed by atoms with Crippen LogP contribution in [0.4, 0.5) is 5.82 Å². The summed E-state index contributed by atoms with van der Waals surface area (Å²) in [5.41, 5.74) is 2.21. The van der Waals surface area contributed by atoms with E-state index in [0.717, 1.165) is 29.5 Å². The van der Waals surface area contributed by atoms with Crippen LogP contribution in [0.1, 0.15) is 23.0 Å². The van der Waals surface area contributed by atoms with Crippen LogP contribution in [0.5, 0.6) is 5.75 Å². The first-order valence-corrected chi connectivity index (χ1v) is 6.50. The third-order valence-electron chi connectivity index (χ3n) is 3.37. The van der Waals surface area contributed by atoms with Crippen molar-refractivity contribution in [3.63, 3.8) is 0 Å². The lowest BCUT2D eigenvalue weighted by atomic mass is 9.96. The molecule has 4 heteroatoms. The lowest BCUT2D eigenvalue weighted by Crippen LogP contribution is -2.21. The van der Waals surface area contributed by atoms with Gasteiger partial charge in [0, 0.05) is 18.8 Å². The van der Waals surface area contributed by atoms with Crippen LogP contribution in [0.15, 0.2) is 30.3 Å². The van der Waals surface area contributed by atoms with E-state index in [0.29, 0.717) is 6.61 Å². The van der Waals surface area contributed by atoms with Crippen molar-refractivity contribution in [3.8, 4) is 5.75 Å². The number of aromatic nitrogens is 2. The van der Waals surface area contributed by atoms with Gasteiger partial charge in [-0.3, -0.25) is 0 Å². The molecule has 0 radical (unpaired) electrons. The van der Waals surface area contributed by atoms with E-state index in [-0.39, 0.29) is 5.92 Å². The van der Waals surface area contributed by atoms with Gasteiger partial charge in [-0.2, -0.15) is 0 Å². The largest absolute Gasteiger partial charge is 0.493 e. The summed E-state index contributed by atoms with van der Waals surface area (Å²) in [7, 11) is 1.87. The second-order valence-electron chi connectivity index (χ2n) is 4.82. The van der Waals surface area contributed by atoms with E-state index >= 15 is 0 Å². The van der Waals surface area contributed by atoms with Gasteiger partial charge in [0.05, 0.1) is 12.5 Å². The summed E-state index contributed by atoms with van der Waals surface area (Å²) in [5.74, 6) is 2.93. The van der Waals surface area contributed by atoms with Crippen LogP contribution in [-0.2, 0) is 6.42 Å². The Hall–Kier alpha value is -2.10. The number of ether oxygens (including phenoxy) is 1. The summed E-state index contributed by atoms with van der Waals surface area (Å²) < 4.78 is 5.80. The van der Waals surface area contributed by atoms with Crippen LogP contribution >= 0.6 is 0 Å². The molecule has 2 aromatic rings. The summed E-state index contributed by atoms with van der Waals surface area (Å²) in [4.78, 5) is 9.09. The Labute approximate surface area is 112 Å². The van der Waals surface area contributed by atoms with Gasteiger partial charge in [-0.05, 0) is 25.0 Å². The van der Waals surface area contributed by atoms with E-state index in [1.54, 1.807) is 0 Å². The molecule has 1 aliphatic heterocycles. The number of benzene rings is 1. The minimum atomic E-state index is 0.224. The van der Waals surface area contributed by atoms with Gasteiger partial charge in [-0.1, -0.05) is 18.2 Å². The second-order valence-corrected chi connectivity index (χ2v) is 4.82. The number of hydrogen-bond donors (Lipinski definition) is 1. The number of nitrogens with one attached hydrogen (secondary N) is 1. The summed E-state index contributed by atoms with van der Waals surface area (Å²) in [6.45, 7) is 2.63. The van der Waals surface area contributed by atoms with E-state index in [1.807, 2.05) is 38.2 Å². The SMILES string of the molecule is CNc1cc(C)nc(C2COc3ccccc3C2)n1. The number of hydrogen-bond acceptors (Lipinski definition) is 4. The highest BCUT2D eigenvalue weighted by Crippen LogP contribution is 2.31. The predicted molar refractivity (Wildman–Crippen MR) is 74.7 cm³/mol. The average molecular weight is 255 g/mol. The highest BCUT2D eigenvalue weighted by atomic mass is 16.5. The second kappa shape index (κ2) is 4.88. The molecule has 3 rings (SSSR count). The topological polar surface area (TPSA) is 47.0 Å². The molecule has 0 amide bonds. The lowest BCUT2D eigenvalue weighted by Gasteiger charge is -2.24. The molecule has 0 fully saturated rings. The number of nitrogens with zero attached hydrogens (tertiary/aromatic N) is 2. The molecule has 19 heavy (non-hydrogen) atoms. The highest BCUT2D eigenvalue weighted by molar-refractivity contribution is 5.38. The van der Waals surface area contributed by atoms with E-state index in [9.17, 15) is 0 Å². The Kier molecular flexibility index (Phi) is 3.07. The first kappa shape index (κ1) is 12.0. The van der Waals surface area contributed by atoms with Gasteiger partial charge in [0.25, 0.3) is 0 Å². The van der Waals surface area contributed by atoms with E-state index in [2.05, 4.69) is 21.4 Å². The highest BCUT2D eigenvalue weighted by Gasteiger charge is 2.23. The minimum Gasteiger partial charge on any atom is -0.493 e. The fourth-order valence-electron chi connectivity index (χ4n) is 2.40. The maximum Gasteiger partial charge on any atom is 0.137 e. The first-order chi connectivity index (χ1) is 9.26. The van der Waals surface area contributed by atoms with Crippen molar-refractivity contribution in [3.05, 3.63) is 47.4 Å². The van der Waals surface area contributed by atoms with Crippen LogP contribution < -0.4 is 10.1 Å². The Bertz CT molecular complexity index is 598. The van der Waals surface area contributed by atoms with Gasteiger partial charge in [0.2, 0.25) is 0 Å². The van der Waals surface area contributed by atoms with Crippen molar-refractivity contribution < 1.29 is 4.74 Å². The molecule has 0 saturated carbocycles. The Morgan fingerprint density at radius 3 is 2.95 bits per heavy atom. The molecular weight excluding hydrogens is 238 g/mol. The van der Waals surface area contributed by atoms with Gasteiger partial charge >= 0.3 is 0 Å². The molecule has 0 aliphatic carbocycles. The quantitative estimate of drug-likeness (QED) is 0.896. The summed E-state index contributed by atoms with van der Waals surface area (Å²) >= 11 is 0. The third-order valence-corrected chi connectivity index (χ3v) is 3.37. The molecule has 1 aliphatic rings. The number of fused-ring (bicyclic) bond motifs is 1. The summed E-state index contributed by atoms with van der Waals surface area (Å²) in [6, 6.07) is 10.1. The van der Waals surface area contributed by atoms with Gasteiger partial charge < -0.3 is 10.1 Å². The molecule has 1 aromatic carbocycles. The standard InChI is InChI=1S/C15H17N3O/c1-10-7-14(16-2)18-15(17-10)12-8-11-5-3-4-6-13(11)19-9-12/h3-7,12H,8-9H2,1-2H3,(H,16,17,18). The fourth-order valence-corrected chi connectivity index (χ4v) is 2.40. The molecule has 1 atom stereocenters. The molecule has 1 unspecified atom stereocenters. The van der Waals surface area contributed by atoms with Gasteiger partial charge in [-0.25, -0.2) is 9.97 Å². The van der Waals surface area contributed by atoms with Crippen molar-refractivity contribution in [2.24, 2.45) is 0 Å². The zero-order valence-corrected chi connectivity index (χ0v) is 11.2. The first-order valence-electron chi connectivity index (χ1n) is 6.50. The van der Waals surface area contributed by atoms with Crippen molar-refractivity contribution in [1.29, 1.82) is 0 Å². The smallest absolute Gasteiger partial charge is 0.137 e. The molecule has 2 heterocycles. The van der Waals surface area contributed by atoms with E-state index in [4.69, 9.17) is 4.74 Å². The molecule has 98 valence electrons. The van der Waals surface area contributed by atoms with E-state index in [1.165, 1.54) is 5.56 Å². The van der Waals surface area contributed by atoms with Crippen molar-refractivity contribution in [1.82, 2.24) is 9.97 Å². The molecule has 0 spiro atoms. The third kappa shape index (κ3) is 2.38. The van der Waals surface area contributed by atoms with Crippen molar-refractivity contribution in [2.75, 3.05) is 19.0 Å². The van der Waals surface area contributed by atoms with Crippen LogP contribution in [-0.4, -0.2) is 23.6 Å². The van der Waals surface area contributed by atoms with Gasteiger partial charge in [0.15, 0.2) is 0 Å². The monoisotopic (exact) mass is 255 g/mol. The van der Waals surface area contributed by atoms with Gasteiger partial charge in [0.1, 0.15) is 17.4 Å². The zero-order valence-electron chi connectivity index (χ0n) is 11.2. The normalized spacial score (nSPS) is 17.5. The predicted octanol–water partition coefficient (Wildman–Crippen LogP) is 2.55. The van der Waals surface area contributed by atoms with Crippen LogP contribution in [0, 0.1) is 6.92 Å². The Morgan fingerprint density at radius 1 is 1.26 bits per heavy atom.